The van der Waals surface area contributed by atoms with Crippen molar-refractivity contribution in [2.45, 2.75) is 32.4 Å². The number of rotatable bonds is 13. The second-order valence-corrected chi connectivity index (χ2v) is 9.20. The Bertz CT molecular complexity index is 1200. The SMILES string of the molecule is CCCNc1nc(Nc2ccc(C(F)(F)F)cc2)ncc1C#CCCCNC(=O)CN(C)C(=O)/C=C/CN(C)C. The molecule has 0 aliphatic rings. The fourth-order valence-electron chi connectivity index (χ4n) is 3.19. The topological polar surface area (TPSA) is 102 Å². The second kappa shape index (κ2) is 16.1. The van der Waals surface area contributed by atoms with Crippen molar-refractivity contribution in [3.63, 3.8) is 0 Å². The summed E-state index contributed by atoms with van der Waals surface area (Å²) in [6.45, 7) is 3.68. The number of unbranched alkanes of at least 4 members (excludes halogenated alkanes) is 1. The molecular formula is C28H36F3N7O2. The van der Waals surface area contributed by atoms with E-state index in [2.05, 4.69) is 37.8 Å². The molecule has 2 amide bonds. The lowest BCUT2D eigenvalue weighted by atomic mass is 10.2. The third-order valence-corrected chi connectivity index (χ3v) is 5.31. The first-order valence-corrected chi connectivity index (χ1v) is 12.9. The lowest BCUT2D eigenvalue weighted by Gasteiger charge is -2.14. The Morgan fingerprint density at radius 3 is 2.48 bits per heavy atom. The van der Waals surface area contributed by atoms with E-state index >= 15 is 0 Å². The van der Waals surface area contributed by atoms with E-state index in [9.17, 15) is 22.8 Å². The number of anilines is 3. The molecule has 2 rings (SSSR count). The molecule has 1 heterocycles. The molecular weight excluding hydrogens is 523 g/mol. The molecule has 2 aromatic rings. The number of aromatic nitrogens is 2. The van der Waals surface area contributed by atoms with Crippen LogP contribution in [0.3, 0.4) is 0 Å². The van der Waals surface area contributed by atoms with Crippen molar-refractivity contribution in [3.05, 3.63) is 53.7 Å². The number of amides is 2. The number of alkyl halides is 3. The van der Waals surface area contributed by atoms with Crippen molar-refractivity contribution in [2.75, 3.05) is 58.0 Å². The van der Waals surface area contributed by atoms with Crippen LogP contribution in [0.4, 0.5) is 30.6 Å². The summed E-state index contributed by atoms with van der Waals surface area (Å²) in [6.07, 6.45) is 2.32. The van der Waals surface area contributed by atoms with Crippen LogP contribution in [0.1, 0.15) is 37.3 Å². The van der Waals surface area contributed by atoms with Crippen LogP contribution >= 0.6 is 0 Å². The molecule has 0 fully saturated rings. The van der Waals surface area contributed by atoms with Gasteiger partial charge < -0.3 is 25.8 Å². The van der Waals surface area contributed by atoms with Crippen LogP contribution < -0.4 is 16.0 Å². The zero-order chi connectivity index (χ0) is 29.5. The van der Waals surface area contributed by atoms with Crippen molar-refractivity contribution in [1.29, 1.82) is 0 Å². The highest BCUT2D eigenvalue weighted by Crippen LogP contribution is 2.30. The maximum absolute atomic E-state index is 12.8. The van der Waals surface area contributed by atoms with Gasteiger partial charge in [0.2, 0.25) is 17.8 Å². The van der Waals surface area contributed by atoms with Crippen LogP contribution in [0, 0.1) is 11.8 Å². The monoisotopic (exact) mass is 559 g/mol. The number of likely N-dealkylation sites (N-methyl/N-ethyl adjacent to an activating group) is 2. The minimum atomic E-state index is -4.40. The Balaban J connectivity index is 1.87. The molecule has 0 radical (unpaired) electrons. The largest absolute Gasteiger partial charge is 0.416 e. The lowest BCUT2D eigenvalue weighted by molar-refractivity contribution is -0.137. The molecule has 0 aliphatic heterocycles. The van der Waals surface area contributed by atoms with Crippen molar-refractivity contribution < 1.29 is 22.8 Å². The summed E-state index contributed by atoms with van der Waals surface area (Å²) in [5, 5.41) is 8.88. The van der Waals surface area contributed by atoms with Crippen molar-refractivity contribution in [3.8, 4) is 11.8 Å². The van der Waals surface area contributed by atoms with Crippen molar-refractivity contribution in [1.82, 2.24) is 25.1 Å². The molecule has 9 nitrogen and oxygen atoms in total. The maximum Gasteiger partial charge on any atom is 0.416 e. The molecule has 0 aliphatic carbocycles. The van der Waals surface area contributed by atoms with Gasteiger partial charge in [-0.3, -0.25) is 9.59 Å². The average molecular weight is 560 g/mol. The predicted octanol–water partition coefficient (Wildman–Crippen LogP) is 3.89. The van der Waals surface area contributed by atoms with Gasteiger partial charge in [-0.1, -0.05) is 24.8 Å². The Morgan fingerprint density at radius 1 is 1.10 bits per heavy atom. The first-order chi connectivity index (χ1) is 19.0. The van der Waals surface area contributed by atoms with Crippen molar-refractivity contribution in [2.24, 2.45) is 0 Å². The number of carbonyl (C=O) groups is 2. The summed E-state index contributed by atoms with van der Waals surface area (Å²) >= 11 is 0. The number of nitrogens with zero attached hydrogens (tertiary/aromatic N) is 4. The number of nitrogens with one attached hydrogen (secondary N) is 3. The minimum Gasteiger partial charge on any atom is -0.369 e. The van der Waals surface area contributed by atoms with Crippen LogP contribution in [-0.4, -0.2) is 78.9 Å². The van der Waals surface area contributed by atoms with E-state index in [0.717, 1.165) is 18.6 Å². The van der Waals surface area contributed by atoms with Crippen molar-refractivity contribution >= 4 is 29.3 Å². The molecule has 12 heteroatoms. The standard InChI is InChI=1S/C28H36F3N7O2/c1-5-16-33-26-21(19-34-27(36-26)35-23-14-12-22(13-15-23)28(29,30)31)10-7-6-8-17-32-24(39)20-38(4)25(40)11-9-18-37(2)3/h9,11-15,19H,5-6,8,16-18,20H2,1-4H3,(H,32,39)(H2,33,34,35,36)/b11-9+. The molecule has 3 N–H and O–H groups in total. The molecule has 1 aromatic heterocycles. The highest BCUT2D eigenvalue weighted by Gasteiger charge is 2.29. The quantitative estimate of drug-likeness (QED) is 0.194. The van der Waals surface area contributed by atoms with Gasteiger partial charge in [0.25, 0.3) is 0 Å². The van der Waals surface area contributed by atoms with Crippen LogP contribution in [-0.2, 0) is 15.8 Å². The summed E-state index contributed by atoms with van der Waals surface area (Å²) in [5.74, 6) is 6.33. The molecule has 1 aromatic carbocycles. The van der Waals surface area contributed by atoms with Gasteiger partial charge in [-0.05, 0) is 51.2 Å². The molecule has 0 spiro atoms. The Hall–Kier alpha value is -4.11. The zero-order valence-electron chi connectivity index (χ0n) is 23.2. The summed E-state index contributed by atoms with van der Waals surface area (Å²) < 4.78 is 38.4. The third kappa shape index (κ3) is 11.7. The molecule has 0 saturated carbocycles. The molecule has 0 bridgehead atoms. The maximum atomic E-state index is 12.8. The number of halogens is 3. The Morgan fingerprint density at radius 2 is 1.82 bits per heavy atom. The van der Waals surface area contributed by atoms with Crippen LogP contribution in [0.5, 0.6) is 0 Å². The third-order valence-electron chi connectivity index (χ3n) is 5.31. The molecule has 216 valence electrons. The van der Waals surface area contributed by atoms with Crippen LogP contribution in [0.25, 0.3) is 0 Å². The van der Waals surface area contributed by atoms with Gasteiger partial charge in [-0.2, -0.15) is 18.2 Å². The minimum absolute atomic E-state index is 0.0343. The van der Waals surface area contributed by atoms with Gasteiger partial charge in [0.15, 0.2) is 0 Å². The highest BCUT2D eigenvalue weighted by atomic mass is 19.4. The smallest absolute Gasteiger partial charge is 0.369 e. The molecule has 0 atom stereocenters. The highest BCUT2D eigenvalue weighted by molar-refractivity contribution is 5.91. The van der Waals surface area contributed by atoms with E-state index in [-0.39, 0.29) is 24.3 Å². The van der Waals surface area contributed by atoms with E-state index in [4.69, 9.17) is 0 Å². The van der Waals surface area contributed by atoms with Gasteiger partial charge in [0.1, 0.15) is 5.82 Å². The number of hydrogen-bond donors (Lipinski definition) is 3. The van der Waals surface area contributed by atoms with Gasteiger partial charge in [0, 0.05) is 44.9 Å². The fourth-order valence-corrected chi connectivity index (χ4v) is 3.19. The van der Waals surface area contributed by atoms with Gasteiger partial charge in [0.05, 0.1) is 23.9 Å². The molecule has 0 saturated heterocycles. The van der Waals surface area contributed by atoms with Gasteiger partial charge in [-0.15, -0.1) is 0 Å². The second-order valence-electron chi connectivity index (χ2n) is 9.20. The Kier molecular flexibility index (Phi) is 12.9. The molecule has 0 unspecified atom stereocenters. The number of hydrogen-bond acceptors (Lipinski definition) is 7. The van der Waals surface area contributed by atoms with E-state index in [0.29, 0.717) is 49.5 Å². The summed E-state index contributed by atoms with van der Waals surface area (Å²) in [7, 11) is 5.37. The van der Waals surface area contributed by atoms with Gasteiger partial charge >= 0.3 is 6.18 Å². The predicted molar refractivity (Wildman–Crippen MR) is 150 cm³/mol. The normalized spacial score (nSPS) is 11.2. The number of benzene rings is 1. The molecule has 40 heavy (non-hydrogen) atoms. The summed E-state index contributed by atoms with van der Waals surface area (Å²) in [5.41, 5.74) is 0.269. The average Bonchev–Trinajstić information content (AvgIpc) is 2.89. The van der Waals surface area contributed by atoms with E-state index in [1.54, 1.807) is 19.3 Å². The number of carbonyl (C=O) groups excluding carboxylic acids is 2. The summed E-state index contributed by atoms with van der Waals surface area (Å²) in [6, 6.07) is 4.61. The van der Waals surface area contributed by atoms with Crippen LogP contribution in [0.2, 0.25) is 0 Å². The van der Waals surface area contributed by atoms with E-state index in [1.165, 1.54) is 23.1 Å². The first-order valence-electron chi connectivity index (χ1n) is 12.9. The zero-order valence-corrected chi connectivity index (χ0v) is 23.2. The first kappa shape index (κ1) is 32.1. The fraction of sp³-hybridized carbons (Fsp3) is 0.429. The van der Waals surface area contributed by atoms with E-state index in [1.807, 2.05) is 25.9 Å². The lowest BCUT2D eigenvalue weighted by Crippen LogP contribution is -2.38. The van der Waals surface area contributed by atoms with Crippen LogP contribution in [0.15, 0.2) is 42.6 Å². The Labute approximate surface area is 233 Å². The van der Waals surface area contributed by atoms with E-state index < -0.39 is 11.7 Å². The van der Waals surface area contributed by atoms with Gasteiger partial charge in [-0.25, -0.2) is 4.98 Å². The summed E-state index contributed by atoms with van der Waals surface area (Å²) in [4.78, 5) is 36.1.